The number of nitrogens with one attached hydrogen (secondary N) is 1. The third-order valence-corrected chi connectivity index (χ3v) is 5.77. The van der Waals surface area contributed by atoms with Crippen molar-refractivity contribution in [2.45, 2.75) is 44.8 Å². The average Bonchev–Trinajstić information content (AvgIpc) is 3.19. The molecule has 2 fully saturated rings. The van der Waals surface area contributed by atoms with E-state index in [4.69, 9.17) is 4.74 Å². The van der Waals surface area contributed by atoms with Gasteiger partial charge in [0.05, 0.1) is 12.1 Å². The van der Waals surface area contributed by atoms with Crippen LogP contribution in [0.15, 0.2) is 30.3 Å². The largest absolute Gasteiger partial charge is 0.377 e. The van der Waals surface area contributed by atoms with Crippen molar-refractivity contribution in [3.8, 4) is 0 Å². The highest BCUT2D eigenvalue weighted by molar-refractivity contribution is 5.81. The number of piperazine rings is 1. The van der Waals surface area contributed by atoms with Crippen LogP contribution in [0.25, 0.3) is 0 Å². The first kappa shape index (κ1) is 19.3. The molecule has 2 saturated heterocycles. The number of nitrogens with zero attached hydrogens (tertiary/aromatic N) is 2. The molecule has 0 aromatic heterocycles. The zero-order valence-electron chi connectivity index (χ0n) is 16.2. The molecule has 0 saturated carbocycles. The smallest absolute Gasteiger partial charge is 0.237 e. The van der Waals surface area contributed by atoms with Crippen molar-refractivity contribution in [3.05, 3.63) is 35.9 Å². The summed E-state index contributed by atoms with van der Waals surface area (Å²) in [5.74, 6) is 0.468. The molecule has 5 heteroatoms. The van der Waals surface area contributed by atoms with Crippen LogP contribution in [-0.4, -0.2) is 73.7 Å². The summed E-state index contributed by atoms with van der Waals surface area (Å²) in [4.78, 5) is 17.3. The highest BCUT2D eigenvalue weighted by Gasteiger charge is 2.27. The summed E-state index contributed by atoms with van der Waals surface area (Å²) in [6, 6.07) is 10.3. The number of hydrogen-bond donors (Lipinski definition) is 1. The predicted octanol–water partition coefficient (Wildman–Crippen LogP) is 2.09. The molecule has 3 unspecified atom stereocenters. The Bertz CT molecular complexity index is 552. The van der Waals surface area contributed by atoms with Crippen LogP contribution in [0.5, 0.6) is 0 Å². The fraction of sp³-hybridized carbons (Fsp3) is 0.667. The standard InChI is InChI=1S/C21H33N3O2/c1-17(19-7-4-3-5-8-19)15-22-21(25)18(2)24-12-10-23(11-13-24)16-20-9-6-14-26-20/h3-5,7-8,17-18,20H,6,9-16H2,1-2H3,(H,22,25). The van der Waals surface area contributed by atoms with Crippen LogP contribution < -0.4 is 5.32 Å². The van der Waals surface area contributed by atoms with Crippen LogP contribution in [0.4, 0.5) is 0 Å². The van der Waals surface area contributed by atoms with Crippen LogP contribution in [-0.2, 0) is 9.53 Å². The maximum absolute atomic E-state index is 12.6. The Morgan fingerprint density at radius 2 is 1.92 bits per heavy atom. The van der Waals surface area contributed by atoms with Crippen LogP contribution in [0.1, 0.15) is 38.2 Å². The van der Waals surface area contributed by atoms with E-state index in [0.29, 0.717) is 18.6 Å². The Labute approximate surface area is 157 Å². The summed E-state index contributed by atoms with van der Waals surface area (Å²) in [5, 5.41) is 3.13. The highest BCUT2D eigenvalue weighted by atomic mass is 16.5. The van der Waals surface area contributed by atoms with Crippen LogP contribution in [0, 0.1) is 0 Å². The van der Waals surface area contributed by atoms with Gasteiger partial charge in [-0.2, -0.15) is 0 Å². The molecule has 26 heavy (non-hydrogen) atoms. The lowest BCUT2D eigenvalue weighted by atomic mass is 10.0. The number of rotatable bonds is 7. The lowest BCUT2D eigenvalue weighted by molar-refractivity contribution is -0.126. The Hall–Kier alpha value is -1.43. The van der Waals surface area contributed by atoms with Crippen molar-refractivity contribution in [1.82, 2.24) is 15.1 Å². The van der Waals surface area contributed by atoms with Gasteiger partial charge in [0.2, 0.25) is 5.91 Å². The van der Waals surface area contributed by atoms with E-state index in [1.807, 2.05) is 25.1 Å². The predicted molar refractivity (Wildman–Crippen MR) is 104 cm³/mol. The van der Waals surface area contributed by atoms with Crippen LogP contribution in [0.2, 0.25) is 0 Å². The summed E-state index contributed by atoms with van der Waals surface area (Å²) in [5.41, 5.74) is 1.27. The van der Waals surface area contributed by atoms with E-state index in [1.54, 1.807) is 0 Å². The molecule has 5 nitrogen and oxygen atoms in total. The van der Waals surface area contributed by atoms with Crippen molar-refractivity contribution in [2.75, 3.05) is 45.9 Å². The van der Waals surface area contributed by atoms with Gasteiger partial charge in [0.25, 0.3) is 0 Å². The molecular weight excluding hydrogens is 326 g/mol. The van der Waals surface area contributed by atoms with Crippen LogP contribution >= 0.6 is 0 Å². The summed E-state index contributed by atoms with van der Waals surface area (Å²) >= 11 is 0. The quantitative estimate of drug-likeness (QED) is 0.810. The molecule has 2 aliphatic heterocycles. The third-order valence-electron chi connectivity index (χ3n) is 5.77. The number of carbonyl (C=O) groups is 1. The second-order valence-electron chi connectivity index (χ2n) is 7.70. The molecule has 1 amide bonds. The van der Waals surface area contributed by atoms with Gasteiger partial charge < -0.3 is 10.1 Å². The van der Waals surface area contributed by atoms with Gasteiger partial charge in [-0.3, -0.25) is 14.6 Å². The molecule has 0 aliphatic carbocycles. The van der Waals surface area contributed by atoms with Gasteiger partial charge in [-0.05, 0) is 31.2 Å². The van der Waals surface area contributed by atoms with Crippen LogP contribution in [0.3, 0.4) is 0 Å². The summed E-state index contributed by atoms with van der Waals surface area (Å²) < 4.78 is 5.74. The molecule has 0 radical (unpaired) electrons. The zero-order chi connectivity index (χ0) is 18.4. The summed E-state index contributed by atoms with van der Waals surface area (Å²) in [6.07, 6.45) is 2.81. The molecule has 2 heterocycles. The van der Waals surface area contributed by atoms with Gasteiger partial charge in [0.1, 0.15) is 0 Å². The van der Waals surface area contributed by atoms with Gasteiger partial charge in [0.15, 0.2) is 0 Å². The van der Waals surface area contributed by atoms with E-state index in [9.17, 15) is 4.79 Å². The van der Waals surface area contributed by atoms with E-state index < -0.39 is 0 Å². The Balaban J connectivity index is 1.38. The maximum Gasteiger partial charge on any atom is 0.237 e. The van der Waals surface area contributed by atoms with E-state index in [2.05, 4.69) is 34.2 Å². The fourth-order valence-corrected chi connectivity index (χ4v) is 3.88. The Morgan fingerprint density at radius 1 is 1.19 bits per heavy atom. The number of amides is 1. The third kappa shape index (κ3) is 5.29. The van der Waals surface area contributed by atoms with Crippen molar-refractivity contribution in [2.24, 2.45) is 0 Å². The molecule has 0 spiro atoms. The molecule has 0 bridgehead atoms. The molecule has 3 rings (SSSR count). The number of benzene rings is 1. The minimum atomic E-state index is -0.0668. The Kier molecular flexibility index (Phi) is 7.06. The second kappa shape index (κ2) is 9.49. The highest BCUT2D eigenvalue weighted by Crippen LogP contribution is 2.16. The first-order valence-corrected chi connectivity index (χ1v) is 10.0. The minimum absolute atomic E-state index is 0.0668. The topological polar surface area (TPSA) is 44.8 Å². The maximum atomic E-state index is 12.6. The number of ether oxygens (including phenoxy) is 1. The monoisotopic (exact) mass is 359 g/mol. The molecule has 3 atom stereocenters. The van der Waals surface area contributed by atoms with Gasteiger partial charge in [-0.15, -0.1) is 0 Å². The minimum Gasteiger partial charge on any atom is -0.377 e. The zero-order valence-corrected chi connectivity index (χ0v) is 16.2. The van der Waals surface area contributed by atoms with E-state index in [-0.39, 0.29) is 11.9 Å². The molecule has 2 aliphatic rings. The first-order valence-electron chi connectivity index (χ1n) is 10.0. The number of carbonyl (C=O) groups excluding carboxylic acids is 1. The average molecular weight is 360 g/mol. The second-order valence-corrected chi connectivity index (χ2v) is 7.70. The van der Waals surface area contributed by atoms with Crippen molar-refractivity contribution >= 4 is 5.91 Å². The lowest BCUT2D eigenvalue weighted by Crippen LogP contribution is -2.55. The SMILES string of the molecule is CC(CNC(=O)C(C)N1CCN(CC2CCCO2)CC1)c1ccccc1. The van der Waals surface area contributed by atoms with Gasteiger partial charge in [0, 0.05) is 45.9 Å². The molecule has 1 N–H and O–H groups in total. The van der Waals surface area contributed by atoms with Crippen molar-refractivity contribution in [3.63, 3.8) is 0 Å². The van der Waals surface area contributed by atoms with Gasteiger partial charge >= 0.3 is 0 Å². The summed E-state index contributed by atoms with van der Waals surface area (Å²) in [6.45, 7) is 10.8. The van der Waals surface area contributed by atoms with E-state index in [0.717, 1.165) is 39.3 Å². The lowest BCUT2D eigenvalue weighted by Gasteiger charge is -2.38. The van der Waals surface area contributed by atoms with E-state index in [1.165, 1.54) is 18.4 Å². The summed E-state index contributed by atoms with van der Waals surface area (Å²) in [7, 11) is 0. The van der Waals surface area contributed by atoms with Crippen molar-refractivity contribution in [1.29, 1.82) is 0 Å². The fourth-order valence-electron chi connectivity index (χ4n) is 3.88. The molecule has 1 aromatic rings. The van der Waals surface area contributed by atoms with E-state index >= 15 is 0 Å². The molecule has 1 aromatic carbocycles. The first-order chi connectivity index (χ1) is 12.6. The van der Waals surface area contributed by atoms with Gasteiger partial charge in [-0.25, -0.2) is 0 Å². The Morgan fingerprint density at radius 3 is 2.58 bits per heavy atom. The van der Waals surface area contributed by atoms with Gasteiger partial charge in [-0.1, -0.05) is 37.3 Å². The number of hydrogen-bond acceptors (Lipinski definition) is 4. The molecule has 144 valence electrons. The molecular formula is C21H33N3O2. The van der Waals surface area contributed by atoms with Crippen molar-refractivity contribution < 1.29 is 9.53 Å². The normalized spacial score (nSPS) is 24.3.